The van der Waals surface area contributed by atoms with Crippen LogP contribution in [0.4, 0.5) is 0 Å². The SMILES string of the molecule is C=C[Si](C)(C)COC(=O)c1ccc(C#N)cc1. The van der Waals surface area contributed by atoms with E-state index in [9.17, 15) is 4.79 Å². The van der Waals surface area contributed by atoms with E-state index < -0.39 is 8.07 Å². The Kier molecular flexibility index (Phi) is 4.24. The molecule has 0 aromatic heterocycles. The van der Waals surface area contributed by atoms with Gasteiger partial charge in [-0.1, -0.05) is 18.8 Å². The predicted molar refractivity (Wildman–Crippen MR) is 69.1 cm³/mol. The molecule has 4 heteroatoms. The normalized spacial score (nSPS) is 10.4. The molecular weight excluding hydrogens is 230 g/mol. The van der Waals surface area contributed by atoms with Crippen LogP contribution in [0.1, 0.15) is 15.9 Å². The maximum absolute atomic E-state index is 11.7. The number of benzene rings is 1. The van der Waals surface area contributed by atoms with Crippen molar-refractivity contribution in [3.63, 3.8) is 0 Å². The molecular formula is C13H15NO2Si. The lowest BCUT2D eigenvalue weighted by Gasteiger charge is -2.16. The Morgan fingerprint density at radius 3 is 2.53 bits per heavy atom. The summed E-state index contributed by atoms with van der Waals surface area (Å²) in [6.07, 6.45) is 0.426. The standard InChI is InChI=1S/C13H15NO2Si/c1-4-17(2,3)10-16-13(15)12-7-5-11(9-14)6-8-12/h4-8H,1,10H2,2-3H3. The first-order valence-corrected chi connectivity index (χ1v) is 8.58. The molecule has 0 heterocycles. The van der Waals surface area contributed by atoms with Crippen molar-refractivity contribution in [2.45, 2.75) is 13.1 Å². The average molecular weight is 245 g/mol. The monoisotopic (exact) mass is 245 g/mol. The summed E-state index contributed by atoms with van der Waals surface area (Å²) in [5.41, 5.74) is 2.89. The number of carbonyl (C=O) groups is 1. The zero-order valence-corrected chi connectivity index (χ0v) is 11.1. The van der Waals surface area contributed by atoms with Crippen LogP contribution in [0.5, 0.6) is 0 Å². The fourth-order valence-corrected chi connectivity index (χ4v) is 1.70. The number of nitriles is 1. The van der Waals surface area contributed by atoms with E-state index in [0.717, 1.165) is 0 Å². The van der Waals surface area contributed by atoms with Gasteiger partial charge in [-0.2, -0.15) is 5.26 Å². The molecule has 1 aromatic rings. The Bertz CT molecular complexity index is 457. The molecule has 17 heavy (non-hydrogen) atoms. The van der Waals surface area contributed by atoms with Crippen molar-refractivity contribution >= 4 is 14.0 Å². The fourth-order valence-electron chi connectivity index (χ4n) is 1.07. The first kappa shape index (κ1) is 13.2. The highest BCUT2D eigenvalue weighted by atomic mass is 28.3. The van der Waals surface area contributed by atoms with E-state index in [4.69, 9.17) is 10.00 Å². The van der Waals surface area contributed by atoms with Gasteiger partial charge in [0.25, 0.3) is 0 Å². The van der Waals surface area contributed by atoms with Crippen LogP contribution in [0.15, 0.2) is 36.5 Å². The number of nitrogens with zero attached hydrogens (tertiary/aromatic N) is 1. The van der Waals surface area contributed by atoms with E-state index in [2.05, 4.69) is 19.7 Å². The summed E-state index contributed by atoms with van der Waals surface area (Å²) < 4.78 is 5.23. The Morgan fingerprint density at radius 1 is 1.47 bits per heavy atom. The zero-order valence-electron chi connectivity index (χ0n) is 10.1. The molecule has 0 spiro atoms. The third-order valence-electron chi connectivity index (χ3n) is 2.38. The Morgan fingerprint density at radius 2 is 2.06 bits per heavy atom. The maximum atomic E-state index is 11.7. The minimum absolute atomic E-state index is 0.350. The van der Waals surface area contributed by atoms with Crippen LogP contribution in [-0.2, 0) is 4.74 Å². The molecule has 3 nitrogen and oxygen atoms in total. The van der Waals surface area contributed by atoms with E-state index in [1.54, 1.807) is 24.3 Å². The number of hydrogen-bond acceptors (Lipinski definition) is 3. The lowest BCUT2D eigenvalue weighted by molar-refractivity contribution is 0.0566. The second-order valence-corrected chi connectivity index (χ2v) is 9.13. The minimum Gasteiger partial charge on any atom is -0.465 e. The summed E-state index contributed by atoms with van der Waals surface area (Å²) >= 11 is 0. The van der Waals surface area contributed by atoms with Gasteiger partial charge in [-0.25, -0.2) is 4.79 Å². The van der Waals surface area contributed by atoms with Gasteiger partial charge in [-0.05, 0) is 24.3 Å². The van der Waals surface area contributed by atoms with Crippen molar-refractivity contribution in [1.82, 2.24) is 0 Å². The van der Waals surface area contributed by atoms with Crippen molar-refractivity contribution < 1.29 is 9.53 Å². The molecule has 0 radical (unpaired) electrons. The molecule has 0 saturated heterocycles. The van der Waals surface area contributed by atoms with Crippen molar-refractivity contribution in [1.29, 1.82) is 5.26 Å². The van der Waals surface area contributed by atoms with Crippen LogP contribution in [-0.4, -0.2) is 20.3 Å². The Balaban J connectivity index is 2.65. The number of hydrogen-bond donors (Lipinski definition) is 0. The molecule has 0 atom stereocenters. The smallest absolute Gasteiger partial charge is 0.337 e. The molecule has 0 fully saturated rings. The summed E-state index contributed by atoms with van der Waals surface area (Å²) in [4.78, 5) is 11.7. The van der Waals surface area contributed by atoms with Gasteiger partial charge in [-0.15, -0.1) is 6.58 Å². The van der Waals surface area contributed by atoms with Gasteiger partial charge in [0.15, 0.2) is 0 Å². The van der Waals surface area contributed by atoms with Crippen molar-refractivity contribution in [3.05, 3.63) is 47.7 Å². The van der Waals surface area contributed by atoms with Crippen LogP contribution in [0.3, 0.4) is 0 Å². The molecule has 0 aliphatic carbocycles. The van der Waals surface area contributed by atoms with Gasteiger partial charge in [-0.3, -0.25) is 0 Å². The molecule has 1 aromatic carbocycles. The lowest BCUT2D eigenvalue weighted by Crippen LogP contribution is -2.31. The largest absolute Gasteiger partial charge is 0.465 e. The first-order chi connectivity index (χ1) is 7.98. The van der Waals surface area contributed by atoms with E-state index in [-0.39, 0.29) is 5.97 Å². The van der Waals surface area contributed by atoms with Crippen molar-refractivity contribution in [2.75, 3.05) is 6.23 Å². The molecule has 0 unspecified atom stereocenters. The number of carbonyl (C=O) groups excluding carboxylic acids is 1. The molecule has 0 amide bonds. The summed E-state index contributed by atoms with van der Waals surface area (Å²) in [6.45, 7) is 7.89. The molecule has 0 N–H and O–H groups in total. The van der Waals surface area contributed by atoms with Gasteiger partial charge in [0.1, 0.15) is 8.07 Å². The summed E-state index contributed by atoms with van der Waals surface area (Å²) in [5, 5.41) is 8.64. The van der Waals surface area contributed by atoms with Crippen molar-refractivity contribution in [3.8, 4) is 6.07 Å². The highest BCUT2D eigenvalue weighted by molar-refractivity contribution is 6.82. The summed E-state index contributed by atoms with van der Waals surface area (Å²) in [7, 11) is -1.62. The second kappa shape index (κ2) is 5.46. The molecule has 0 aliphatic heterocycles. The van der Waals surface area contributed by atoms with E-state index >= 15 is 0 Å². The summed E-state index contributed by atoms with van der Waals surface area (Å²) in [5.74, 6) is -0.350. The predicted octanol–water partition coefficient (Wildman–Crippen LogP) is 2.69. The number of rotatable bonds is 4. The van der Waals surface area contributed by atoms with Crippen LogP contribution >= 0.6 is 0 Å². The van der Waals surface area contributed by atoms with Crippen LogP contribution in [0, 0.1) is 11.3 Å². The zero-order chi connectivity index (χ0) is 12.9. The highest BCUT2D eigenvalue weighted by Crippen LogP contribution is 2.08. The van der Waals surface area contributed by atoms with Gasteiger partial charge < -0.3 is 4.74 Å². The third kappa shape index (κ3) is 3.89. The quantitative estimate of drug-likeness (QED) is 0.605. The Labute approximate surface area is 102 Å². The minimum atomic E-state index is -1.62. The van der Waals surface area contributed by atoms with Crippen LogP contribution in [0.2, 0.25) is 13.1 Å². The number of ether oxygens (including phenoxy) is 1. The second-order valence-electron chi connectivity index (χ2n) is 4.46. The average Bonchev–Trinajstić information content (AvgIpc) is 2.36. The maximum Gasteiger partial charge on any atom is 0.337 e. The molecule has 0 saturated carbocycles. The van der Waals surface area contributed by atoms with E-state index in [1.165, 1.54) is 0 Å². The third-order valence-corrected chi connectivity index (χ3v) is 4.37. The topological polar surface area (TPSA) is 50.1 Å². The molecule has 0 bridgehead atoms. The lowest BCUT2D eigenvalue weighted by atomic mass is 10.1. The molecule has 1 rings (SSSR count). The molecule has 0 aliphatic rings. The van der Waals surface area contributed by atoms with Gasteiger partial charge in [0.05, 0.1) is 23.4 Å². The highest BCUT2D eigenvalue weighted by Gasteiger charge is 2.19. The van der Waals surface area contributed by atoms with Crippen LogP contribution < -0.4 is 0 Å². The Hall–Kier alpha value is -1.86. The fraction of sp³-hybridized carbons (Fsp3) is 0.231. The number of esters is 1. The molecule has 88 valence electrons. The van der Waals surface area contributed by atoms with E-state index in [1.807, 2.05) is 11.8 Å². The van der Waals surface area contributed by atoms with Crippen LogP contribution in [0.25, 0.3) is 0 Å². The van der Waals surface area contributed by atoms with Gasteiger partial charge in [0, 0.05) is 0 Å². The van der Waals surface area contributed by atoms with Gasteiger partial charge >= 0.3 is 5.97 Å². The van der Waals surface area contributed by atoms with E-state index in [0.29, 0.717) is 17.4 Å². The van der Waals surface area contributed by atoms with Crippen molar-refractivity contribution in [2.24, 2.45) is 0 Å². The summed E-state index contributed by atoms with van der Waals surface area (Å²) in [6, 6.07) is 8.41. The van der Waals surface area contributed by atoms with Gasteiger partial charge in [0.2, 0.25) is 0 Å². The first-order valence-electron chi connectivity index (χ1n) is 5.29.